The molecule has 0 N–H and O–H groups in total. The van der Waals surface area contributed by atoms with E-state index in [0.717, 1.165) is 26.1 Å². The smallest absolute Gasteiger partial charge is 0.0887 e. The lowest BCUT2D eigenvalue weighted by Crippen LogP contribution is -2.16. The first-order valence-corrected chi connectivity index (χ1v) is 6.67. The third-order valence-corrected chi connectivity index (χ3v) is 3.17. The zero-order valence-corrected chi connectivity index (χ0v) is 10.3. The van der Waals surface area contributed by atoms with E-state index in [4.69, 9.17) is 14.2 Å². The van der Waals surface area contributed by atoms with Gasteiger partial charge in [-0.3, -0.25) is 0 Å². The summed E-state index contributed by atoms with van der Waals surface area (Å²) >= 11 is 0. The van der Waals surface area contributed by atoms with Gasteiger partial charge in [0.2, 0.25) is 0 Å². The molecule has 0 aromatic heterocycles. The van der Waals surface area contributed by atoms with E-state index < -0.39 is 0 Å². The molecule has 3 heteroatoms. The third kappa shape index (κ3) is 4.92. The molecule has 2 aliphatic heterocycles. The molecule has 96 valence electrons. The lowest BCUT2D eigenvalue weighted by atomic mass is 10.1. The zero-order chi connectivity index (χ0) is 11.8. The van der Waals surface area contributed by atoms with Crippen molar-refractivity contribution in [1.29, 1.82) is 0 Å². The molecule has 0 aromatic rings. The van der Waals surface area contributed by atoms with E-state index >= 15 is 0 Å². The summed E-state index contributed by atoms with van der Waals surface area (Å²) in [6.45, 7) is 1.75. The van der Waals surface area contributed by atoms with Crippen LogP contribution in [0.5, 0.6) is 0 Å². The highest BCUT2D eigenvalue weighted by Gasteiger charge is 2.10. The molecule has 2 heterocycles. The minimum atomic E-state index is 0.239. The standard InChI is InChI=1S/C14H22O3/c1-3-9-16-13(5-1)7-11-15-12-8-14-6-2-4-10-17-14/h7-8,11-14H,1-6,9-10H2. The van der Waals surface area contributed by atoms with Crippen molar-refractivity contribution in [2.45, 2.75) is 50.7 Å². The number of hydrogen-bond acceptors (Lipinski definition) is 3. The summed E-state index contributed by atoms with van der Waals surface area (Å²) in [5, 5.41) is 0. The van der Waals surface area contributed by atoms with E-state index in [1.807, 2.05) is 12.2 Å². The van der Waals surface area contributed by atoms with Crippen LogP contribution in [0.4, 0.5) is 0 Å². The fourth-order valence-electron chi connectivity index (χ4n) is 2.15. The van der Waals surface area contributed by atoms with Gasteiger partial charge in [0, 0.05) is 13.2 Å². The molecule has 2 aliphatic rings. The van der Waals surface area contributed by atoms with Gasteiger partial charge in [-0.05, 0) is 50.7 Å². The Morgan fingerprint density at radius 2 is 1.29 bits per heavy atom. The Morgan fingerprint density at radius 1 is 0.765 bits per heavy atom. The fourth-order valence-corrected chi connectivity index (χ4v) is 2.15. The van der Waals surface area contributed by atoms with Gasteiger partial charge in [-0.25, -0.2) is 0 Å². The Kier molecular flexibility index (Phi) is 5.59. The number of hydrogen-bond donors (Lipinski definition) is 0. The molecule has 2 saturated heterocycles. The van der Waals surface area contributed by atoms with Gasteiger partial charge in [0.1, 0.15) is 0 Å². The fraction of sp³-hybridized carbons (Fsp3) is 0.714. The summed E-state index contributed by atoms with van der Waals surface area (Å²) in [6.07, 6.45) is 15.0. The second-order valence-electron chi connectivity index (χ2n) is 4.60. The third-order valence-electron chi connectivity index (χ3n) is 3.17. The second kappa shape index (κ2) is 7.51. The van der Waals surface area contributed by atoms with Gasteiger partial charge in [0.25, 0.3) is 0 Å². The molecular weight excluding hydrogens is 216 g/mol. The molecule has 0 aliphatic carbocycles. The van der Waals surface area contributed by atoms with E-state index in [0.29, 0.717) is 0 Å². The Balaban J connectivity index is 1.60. The highest BCUT2D eigenvalue weighted by molar-refractivity contribution is 4.90. The normalized spacial score (nSPS) is 31.1. The van der Waals surface area contributed by atoms with Gasteiger partial charge >= 0.3 is 0 Å². The maximum atomic E-state index is 5.56. The molecule has 0 bridgehead atoms. The van der Waals surface area contributed by atoms with E-state index in [-0.39, 0.29) is 12.2 Å². The molecule has 2 fully saturated rings. The van der Waals surface area contributed by atoms with Crippen LogP contribution in [0.25, 0.3) is 0 Å². The first-order valence-electron chi connectivity index (χ1n) is 6.67. The Bertz CT molecular complexity index is 222. The summed E-state index contributed by atoms with van der Waals surface area (Å²) < 4.78 is 16.4. The van der Waals surface area contributed by atoms with Gasteiger partial charge in [0.15, 0.2) is 0 Å². The van der Waals surface area contributed by atoms with Crippen LogP contribution in [-0.4, -0.2) is 25.4 Å². The molecule has 0 saturated carbocycles. The Labute approximate surface area is 103 Å². The lowest BCUT2D eigenvalue weighted by Gasteiger charge is -2.19. The van der Waals surface area contributed by atoms with E-state index in [9.17, 15) is 0 Å². The minimum absolute atomic E-state index is 0.239. The van der Waals surface area contributed by atoms with E-state index in [2.05, 4.69) is 0 Å². The van der Waals surface area contributed by atoms with Crippen molar-refractivity contribution < 1.29 is 14.2 Å². The molecular formula is C14H22O3. The molecule has 0 radical (unpaired) electrons. The molecule has 3 nitrogen and oxygen atoms in total. The van der Waals surface area contributed by atoms with Crippen molar-refractivity contribution in [2.24, 2.45) is 0 Å². The SMILES string of the molecule is C(=CC1CCCCO1)OC=CC1CCCCO1. The van der Waals surface area contributed by atoms with Crippen LogP contribution >= 0.6 is 0 Å². The highest BCUT2D eigenvalue weighted by atomic mass is 16.5. The zero-order valence-electron chi connectivity index (χ0n) is 10.3. The minimum Gasteiger partial charge on any atom is -0.473 e. The van der Waals surface area contributed by atoms with Gasteiger partial charge in [-0.1, -0.05) is 0 Å². The topological polar surface area (TPSA) is 27.7 Å². The molecule has 0 spiro atoms. The van der Waals surface area contributed by atoms with E-state index in [1.165, 1.54) is 25.7 Å². The van der Waals surface area contributed by atoms with Gasteiger partial charge in [-0.2, -0.15) is 0 Å². The molecule has 2 atom stereocenters. The Hall–Kier alpha value is -0.800. The second-order valence-corrected chi connectivity index (χ2v) is 4.60. The van der Waals surface area contributed by atoms with Crippen molar-refractivity contribution in [2.75, 3.05) is 13.2 Å². The van der Waals surface area contributed by atoms with Gasteiger partial charge in [0.05, 0.1) is 24.7 Å². The molecule has 2 rings (SSSR count). The quantitative estimate of drug-likeness (QED) is 0.704. The number of rotatable bonds is 4. The summed E-state index contributed by atoms with van der Waals surface area (Å²) in [5.74, 6) is 0. The largest absolute Gasteiger partial charge is 0.473 e. The average molecular weight is 238 g/mol. The Morgan fingerprint density at radius 3 is 1.71 bits per heavy atom. The maximum Gasteiger partial charge on any atom is 0.0887 e. The first kappa shape index (κ1) is 12.7. The monoisotopic (exact) mass is 238 g/mol. The summed E-state index contributed by atoms with van der Waals surface area (Å²) in [5.41, 5.74) is 0. The van der Waals surface area contributed by atoms with Gasteiger partial charge < -0.3 is 14.2 Å². The van der Waals surface area contributed by atoms with Crippen LogP contribution in [0.3, 0.4) is 0 Å². The van der Waals surface area contributed by atoms with Crippen molar-refractivity contribution in [1.82, 2.24) is 0 Å². The van der Waals surface area contributed by atoms with Crippen molar-refractivity contribution in [3.8, 4) is 0 Å². The summed E-state index contributed by atoms with van der Waals surface area (Å²) in [7, 11) is 0. The van der Waals surface area contributed by atoms with Crippen molar-refractivity contribution >= 4 is 0 Å². The molecule has 2 unspecified atom stereocenters. The summed E-state index contributed by atoms with van der Waals surface area (Å²) in [4.78, 5) is 0. The highest BCUT2D eigenvalue weighted by Crippen LogP contribution is 2.14. The molecule has 0 amide bonds. The first-order chi connectivity index (χ1) is 8.45. The van der Waals surface area contributed by atoms with Crippen molar-refractivity contribution in [3.05, 3.63) is 24.7 Å². The van der Waals surface area contributed by atoms with Crippen LogP contribution < -0.4 is 0 Å². The van der Waals surface area contributed by atoms with E-state index in [1.54, 1.807) is 12.5 Å². The predicted octanol–water partition coefficient (Wildman–Crippen LogP) is 3.17. The van der Waals surface area contributed by atoms with Crippen LogP contribution in [-0.2, 0) is 14.2 Å². The average Bonchev–Trinajstić information content (AvgIpc) is 2.41. The summed E-state index contributed by atoms with van der Waals surface area (Å²) in [6, 6.07) is 0. The van der Waals surface area contributed by atoms with Crippen LogP contribution in [0, 0.1) is 0 Å². The van der Waals surface area contributed by atoms with Crippen LogP contribution in [0.1, 0.15) is 38.5 Å². The van der Waals surface area contributed by atoms with Crippen LogP contribution in [0.2, 0.25) is 0 Å². The molecule has 0 aromatic carbocycles. The van der Waals surface area contributed by atoms with Gasteiger partial charge in [-0.15, -0.1) is 0 Å². The molecule has 17 heavy (non-hydrogen) atoms. The maximum absolute atomic E-state index is 5.56. The van der Waals surface area contributed by atoms with Crippen molar-refractivity contribution in [3.63, 3.8) is 0 Å². The number of ether oxygens (including phenoxy) is 3. The lowest BCUT2D eigenvalue weighted by molar-refractivity contribution is 0.0441. The van der Waals surface area contributed by atoms with Crippen LogP contribution in [0.15, 0.2) is 24.7 Å². The predicted molar refractivity (Wildman–Crippen MR) is 66.5 cm³/mol.